The number of ether oxygens (including phenoxy) is 1. The van der Waals surface area contributed by atoms with E-state index in [-0.39, 0.29) is 11.4 Å². The van der Waals surface area contributed by atoms with E-state index in [1.54, 1.807) is 6.07 Å². The third-order valence-corrected chi connectivity index (χ3v) is 1.34. The summed E-state index contributed by atoms with van der Waals surface area (Å²) in [4.78, 5) is 9.79. The van der Waals surface area contributed by atoms with Gasteiger partial charge in [0.1, 0.15) is 0 Å². The summed E-state index contributed by atoms with van der Waals surface area (Å²) >= 11 is 4.23. The number of nitro groups is 1. The molecule has 0 aliphatic carbocycles. The molecule has 0 amide bonds. The van der Waals surface area contributed by atoms with Crippen LogP contribution in [0.1, 0.15) is 0 Å². The molecule has 0 atom stereocenters. The molecule has 0 saturated heterocycles. The predicted molar refractivity (Wildman–Crippen MR) is 49.0 cm³/mol. The van der Waals surface area contributed by atoms with E-state index in [0.717, 1.165) is 0 Å². The molecule has 0 spiro atoms. The molecule has 0 heterocycles. The number of aliphatic hydroxyl groups excluding tert-OH is 1. The zero-order valence-corrected chi connectivity index (χ0v) is 7.15. The Kier molecular flexibility index (Phi) is 2.76. The van der Waals surface area contributed by atoms with Crippen molar-refractivity contribution in [3.8, 4) is 5.75 Å². The number of benzene rings is 1. The molecule has 0 radical (unpaired) electrons. The second kappa shape index (κ2) is 3.81. The highest BCUT2D eigenvalue weighted by Crippen LogP contribution is 2.25. The number of rotatable bonds is 2. The van der Waals surface area contributed by atoms with Gasteiger partial charge >= 0.3 is 10.9 Å². The van der Waals surface area contributed by atoms with Gasteiger partial charge in [0, 0.05) is 18.3 Å². The minimum absolute atomic E-state index is 0.0694. The number of thiocarbonyl (C=S) groups is 1. The first-order valence-corrected chi connectivity index (χ1v) is 3.66. The van der Waals surface area contributed by atoms with E-state index >= 15 is 0 Å². The van der Waals surface area contributed by atoms with E-state index < -0.39 is 10.2 Å². The van der Waals surface area contributed by atoms with Crippen molar-refractivity contribution in [1.29, 1.82) is 0 Å². The van der Waals surface area contributed by atoms with Crippen molar-refractivity contribution in [3.05, 3.63) is 34.4 Å². The summed E-state index contributed by atoms with van der Waals surface area (Å²) in [7, 11) is 0. The fourth-order valence-electron chi connectivity index (χ4n) is 0.788. The molecule has 0 saturated carbocycles. The van der Waals surface area contributed by atoms with Crippen LogP contribution in [0.3, 0.4) is 0 Å². The second-order valence-electron chi connectivity index (χ2n) is 2.09. The summed E-state index contributed by atoms with van der Waals surface area (Å²) in [5.41, 5.74) is -0.237. The molecular formula is C7H5NO4S. The molecule has 6 heteroatoms. The first-order valence-electron chi connectivity index (χ1n) is 3.25. The summed E-state index contributed by atoms with van der Waals surface area (Å²) in [6, 6.07) is 5.64. The van der Waals surface area contributed by atoms with E-state index in [0.29, 0.717) is 0 Å². The predicted octanol–water partition coefficient (Wildman–Crippen LogP) is 1.82. The Hall–Kier alpha value is -1.69. The van der Waals surface area contributed by atoms with Gasteiger partial charge in [-0.3, -0.25) is 10.1 Å². The van der Waals surface area contributed by atoms with E-state index in [2.05, 4.69) is 17.0 Å². The van der Waals surface area contributed by atoms with E-state index in [4.69, 9.17) is 5.11 Å². The lowest BCUT2D eigenvalue weighted by Gasteiger charge is -2.01. The van der Waals surface area contributed by atoms with Crippen LogP contribution in [0.25, 0.3) is 0 Å². The van der Waals surface area contributed by atoms with Crippen molar-refractivity contribution in [1.82, 2.24) is 0 Å². The number of aliphatic hydroxyl groups is 1. The first-order chi connectivity index (χ1) is 6.11. The van der Waals surface area contributed by atoms with Crippen LogP contribution in [-0.2, 0) is 0 Å². The Morgan fingerprint density at radius 1 is 1.54 bits per heavy atom. The van der Waals surface area contributed by atoms with Gasteiger partial charge in [-0.15, -0.1) is 0 Å². The van der Waals surface area contributed by atoms with Crippen molar-refractivity contribution >= 4 is 23.1 Å². The SMILES string of the molecule is O=[N+]([O-])c1ccccc1OC(O)=S. The molecule has 0 aliphatic heterocycles. The average molecular weight is 199 g/mol. The van der Waals surface area contributed by atoms with Gasteiger partial charge < -0.3 is 9.84 Å². The van der Waals surface area contributed by atoms with Gasteiger partial charge in [-0.05, 0) is 6.07 Å². The molecule has 1 aromatic carbocycles. The van der Waals surface area contributed by atoms with Crippen LogP contribution < -0.4 is 4.74 Å². The maximum absolute atomic E-state index is 10.4. The zero-order valence-electron chi connectivity index (χ0n) is 6.34. The summed E-state index contributed by atoms with van der Waals surface area (Å²) in [5.74, 6) is -0.0694. The molecule has 0 unspecified atom stereocenters. The number of para-hydroxylation sites is 2. The fraction of sp³-hybridized carbons (Fsp3) is 0. The van der Waals surface area contributed by atoms with Crippen molar-refractivity contribution < 1.29 is 14.8 Å². The lowest BCUT2D eigenvalue weighted by molar-refractivity contribution is -0.385. The molecule has 68 valence electrons. The summed E-state index contributed by atoms with van der Waals surface area (Å²) in [5, 5.41) is 18.3. The topological polar surface area (TPSA) is 72.6 Å². The maximum atomic E-state index is 10.4. The molecule has 13 heavy (non-hydrogen) atoms. The minimum atomic E-state index is -0.741. The number of nitro benzene ring substituents is 1. The summed E-state index contributed by atoms with van der Waals surface area (Å²) in [6.45, 7) is 0. The summed E-state index contributed by atoms with van der Waals surface area (Å²) in [6.07, 6.45) is 0. The van der Waals surface area contributed by atoms with Crippen LogP contribution in [0.5, 0.6) is 5.75 Å². The van der Waals surface area contributed by atoms with Gasteiger partial charge in [0.2, 0.25) is 5.75 Å². The number of hydrogen-bond acceptors (Lipinski definition) is 4. The van der Waals surface area contributed by atoms with Crippen molar-refractivity contribution in [2.24, 2.45) is 0 Å². The molecule has 1 rings (SSSR count). The first kappa shape index (κ1) is 9.40. The Balaban J connectivity index is 3.04. The van der Waals surface area contributed by atoms with Gasteiger partial charge in [-0.2, -0.15) is 0 Å². The van der Waals surface area contributed by atoms with Crippen molar-refractivity contribution in [3.63, 3.8) is 0 Å². The Morgan fingerprint density at radius 3 is 2.69 bits per heavy atom. The Labute approximate surface area is 78.7 Å². The van der Waals surface area contributed by atoms with E-state index in [1.807, 2.05) is 0 Å². The van der Waals surface area contributed by atoms with Crippen molar-refractivity contribution in [2.45, 2.75) is 0 Å². The van der Waals surface area contributed by atoms with Crippen LogP contribution in [-0.4, -0.2) is 15.3 Å². The molecule has 0 aromatic heterocycles. The van der Waals surface area contributed by atoms with Crippen LogP contribution in [0.4, 0.5) is 5.69 Å². The minimum Gasteiger partial charge on any atom is -0.472 e. The normalized spacial score (nSPS) is 9.23. The maximum Gasteiger partial charge on any atom is 0.355 e. The van der Waals surface area contributed by atoms with Crippen LogP contribution >= 0.6 is 12.2 Å². The smallest absolute Gasteiger partial charge is 0.355 e. The van der Waals surface area contributed by atoms with Crippen LogP contribution in [0.15, 0.2) is 24.3 Å². The second-order valence-corrected chi connectivity index (χ2v) is 2.44. The quantitative estimate of drug-likeness (QED) is 0.446. The Bertz CT molecular complexity index is 352. The molecule has 0 bridgehead atoms. The standard InChI is InChI=1S/C7H5NO4S/c9-7(13)12-6-4-2-1-3-5(6)8(10)11/h1-4H,(H,9,13). The fourth-order valence-corrected chi connectivity index (χ4v) is 0.878. The zero-order chi connectivity index (χ0) is 9.84. The molecule has 1 aromatic rings. The third kappa shape index (κ3) is 2.38. The lowest BCUT2D eigenvalue weighted by Crippen LogP contribution is -2.04. The molecule has 0 fully saturated rings. The monoisotopic (exact) mass is 199 g/mol. The molecule has 1 N–H and O–H groups in total. The van der Waals surface area contributed by atoms with Crippen LogP contribution in [0, 0.1) is 10.1 Å². The van der Waals surface area contributed by atoms with E-state index in [1.165, 1.54) is 18.2 Å². The number of hydrogen-bond donors (Lipinski definition) is 1. The highest BCUT2D eigenvalue weighted by molar-refractivity contribution is 7.79. The third-order valence-electron chi connectivity index (χ3n) is 1.26. The lowest BCUT2D eigenvalue weighted by atomic mass is 10.3. The highest BCUT2D eigenvalue weighted by Gasteiger charge is 2.14. The van der Waals surface area contributed by atoms with Gasteiger partial charge in [0.05, 0.1) is 4.92 Å². The summed E-state index contributed by atoms with van der Waals surface area (Å²) < 4.78 is 4.55. The molecule has 0 aliphatic rings. The van der Waals surface area contributed by atoms with Crippen molar-refractivity contribution in [2.75, 3.05) is 0 Å². The van der Waals surface area contributed by atoms with E-state index in [9.17, 15) is 10.1 Å². The van der Waals surface area contributed by atoms with Gasteiger partial charge in [0.25, 0.3) is 0 Å². The van der Waals surface area contributed by atoms with Gasteiger partial charge in [0.15, 0.2) is 0 Å². The molecule has 5 nitrogen and oxygen atoms in total. The van der Waals surface area contributed by atoms with Gasteiger partial charge in [-0.25, -0.2) is 0 Å². The van der Waals surface area contributed by atoms with Gasteiger partial charge in [-0.1, -0.05) is 12.1 Å². The highest BCUT2D eigenvalue weighted by atomic mass is 32.1. The molecular weight excluding hydrogens is 194 g/mol. The van der Waals surface area contributed by atoms with Crippen LogP contribution in [0.2, 0.25) is 0 Å². The number of nitrogens with zero attached hydrogens (tertiary/aromatic N) is 1. The largest absolute Gasteiger partial charge is 0.472 e. The Morgan fingerprint density at radius 2 is 2.15 bits per heavy atom. The average Bonchev–Trinajstić information content (AvgIpc) is 2.03.